The first kappa shape index (κ1) is 20.0. The maximum absolute atomic E-state index is 12.6. The lowest BCUT2D eigenvalue weighted by molar-refractivity contribution is 0.208. The quantitative estimate of drug-likeness (QED) is 0.506. The number of nitrogens with one attached hydrogen (secondary N) is 1. The zero-order valence-electron chi connectivity index (χ0n) is 18.0. The number of rotatable bonds is 3. The van der Waals surface area contributed by atoms with Gasteiger partial charge in [-0.15, -0.1) is 10.2 Å². The Bertz CT molecular complexity index is 1220. The fraction of sp³-hybridized carbons (Fsp3) is 0.192. The minimum absolute atomic E-state index is 0.0640. The molecule has 6 nitrogen and oxygen atoms in total. The monoisotopic (exact) mass is 423 g/mol. The van der Waals surface area contributed by atoms with E-state index in [1.165, 1.54) is 16.3 Å². The van der Waals surface area contributed by atoms with Crippen molar-refractivity contribution in [3.8, 4) is 11.3 Å². The Kier molecular flexibility index (Phi) is 5.42. The van der Waals surface area contributed by atoms with Gasteiger partial charge in [0.15, 0.2) is 5.82 Å². The largest absolute Gasteiger partial charge is 0.352 e. The third kappa shape index (κ3) is 4.12. The van der Waals surface area contributed by atoms with Crippen LogP contribution in [0.1, 0.15) is 5.56 Å². The summed E-state index contributed by atoms with van der Waals surface area (Å²) in [5, 5.41) is 14.3. The zero-order valence-corrected chi connectivity index (χ0v) is 18.0. The maximum atomic E-state index is 12.6. The van der Waals surface area contributed by atoms with Crippen molar-refractivity contribution in [1.82, 2.24) is 15.1 Å². The Morgan fingerprint density at radius 1 is 0.812 bits per heavy atom. The molecular formula is C26H25N5O. The highest BCUT2D eigenvalue weighted by atomic mass is 16.2. The van der Waals surface area contributed by atoms with Crippen LogP contribution < -0.4 is 10.2 Å². The number of amides is 2. The summed E-state index contributed by atoms with van der Waals surface area (Å²) in [5.41, 5.74) is 3.93. The van der Waals surface area contributed by atoms with Crippen LogP contribution in [0.2, 0.25) is 0 Å². The average molecular weight is 424 g/mol. The van der Waals surface area contributed by atoms with E-state index in [9.17, 15) is 4.79 Å². The molecule has 2 amide bonds. The summed E-state index contributed by atoms with van der Waals surface area (Å²) in [5.74, 6) is 0.840. The number of carbonyl (C=O) groups is 1. The van der Waals surface area contributed by atoms with Crippen LogP contribution >= 0.6 is 0 Å². The van der Waals surface area contributed by atoms with E-state index in [1.807, 2.05) is 66.4 Å². The molecule has 0 atom stereocenters. The summed E-state index contributed by atoms with van der Waals surface area (Å²) in [4.78, 5) is 16.6. The van der Waals surface area contributed by atoms with Crippen molar-refractivity contribution in [2.75, 3.05) is 36.4 Å². The van der Waals surface area contributed by atoms with Crippen LogP contribution in [0, 0.1) is 6.92 Å². The highest BCUT2D eigenvalue weighted by Gasteiger charge is 2.22. The predicted octanol–water partition coefficient (Wildman–Crippen LogP) is 4.96. The lowest BCUT2D eigenvalue weighted by Gasteiger charge is -2.35. The second kappa shape index (κ2) is 8.67. The molecule has 4 aromatic rings. The van der Waals surface area contributed by atoms with Crippen molar-refractivity contribution in [2.24, 2.45) is 0 Å². The SMILES string of the molecule is Cc1ccc(NC(=O)N2CCN(c3ccc(-c4cccc5ccccc45)nn3)CC2)cc1. The number of hydrogen-bond donors (Lipinski definition) is 1. The van der Waals surface area contributed by atoms with Gasteiger partial charge in [-0.2, -0.15) is 0 Å². The molecule has 0 aliphatic carbocycles. The standard InChI is InChI=1S/C26H25N5O/c1-19-9-11-21(12-10-19)27-26(32)31-17-15-30(16-18-31)25-14-13-24(28-29-25)23-8-4-6-20-5-2-3-7-22(20)23/h2-14H,15-18H2,1H3,(H,27,32). The first-order valence-corrected chi connectivity index (χ1v) is 10.9. The van der Waals surface area contributed by atoms with Gasteiger partial charge in [-0.3, -0.25) is 0 Å². The van der Waals surface area contributed by atoms with Gasteiger partial charge in [-0.1, -0.05) is 60.2 Å². The van der Waals surface area contributed by atoms with Crippen LogP contribution in [-0.4, -0.2) is 47.3 Å². The van der Waals surface area contributed by atoms with Crippen molar-refractivity contribution >= 4 is 28.3 Å². The van der Waals surface area contributed by atoms with Crippen LogP contribution in [0.4, 0.5) is 16.3 Å². The maximum Gasteiger partial charge on any atom is 0.321 e. The molecule has 0 spiro atoms. The van der Waals surface area contributed by atoms with Crippen molar-refractivity contribution < 1.29 is 4.79 Å². The molecule has 3 aromatic carbocycles. The molecule has 1 N–H and O–H groups in total. The lowest BCUT2D eigenvalue weighted by atomic mass is 10.0. The molecule has 160 valence electrons. The van der Waals surface area contributed by atoms with Gasteiger partial charge in [0, 0.05) is 37.4 Å². The molecule has 32 heavy (non-hydrogen) atoms. The fourth-order valence-corrected chi connectivity index (χ4v) is 4.06. The second-order valence-electron chi connectivity index (χ2n) is 8.07. The first-order chi connectivity index (χ1) is 15.7. The molecule has 0 radical (unpaired) electrons. The summed E-state index contributed by atoms with van der Waals surface area (Å²) >= 11 is 0. The molecule has 0 bridgehead atoms. The normalized spacial score (nSPS) is 13.9. The van der Waals surface area contributed by atoms with Crippen LogP contribution in [-0.2, 0) is 0 Å². The predicted molar refractivity (Wildman–Crippen MR) is 129 cm³/mol. The number of fused-ring (bicyclic) bond motifs is 1. The van der Waals surface area contributed by atoms with Crippen LogP contribution in [0.3, 0.4) is 0 Å². The van der Waals surface area contributed by atoms with E-state index in [-0.39, 0.29) is 6.03 Å². The molecule has 5 rings (SSSR count). The number of benzene rings is 3. The minimum atomic E-state index is -0.0640. The average Bonchev–Trinajstić information content (AvgIpc) is 2.85. The Labute approximate surface area is 187 Å². The van der Waals surface area contributed by atoms with Gasteiger partial charge in [-0.25, -0.2) is 4.79 Å². The summed E-state index contributed by atoms with van der Waals surface area (Å²) < 4.78 is 0. The molecule has 1 aromatic heterocycles. The Morgan fingerprint density at radius 2 is 1.56 bits per heavy atom. The van der Waals surface area contributed by atoms with Gasteiger partial charge >= 0.3 is 6.03 Å². The highest BCUT2D eigenvalue weighted by Crippen LogP contribution is 2.27. The molecule has 1 saturated heterocycles. The summed E-state index contributed by atoms with van der Waals surface area (Å²) in [6, 6.07) is 26.4. The Morgan fingerprint density at radius 3 is 2.31 bits per heavy atom. The smallest absolute Gasteiger partial charge is 0.321 e. The van der Waals surface area contributed by atoms with Gasteiger partial charge in [0.25, 0.3) is 0 Å². The topological polar surface area (TPSA) is 61.4 Å². The van der Waals surface area contributed by atoms with E-state index in [0.717, 1.165) is 35.9 Å². The molecule has 2 heterocycles. The van der Waals surface area contributed by atoms with Gasteiger partial charge < -0.3 is 15.1 Å². The fourth-order valence-electron chi connectivity index (χ4n) is 4.06. The van der Waals surface area contributed by atoms with Gasteiger partial charge in [0.2, 0.25) is 0 Å². The summed E-state index contributed by atoms with van der Waals surface area (Å²) in [7, 11) is 0. The van der Waals surface area contributed by atoms with Crippen LogP contribution in [0.15, 0.2) is 78.9 Å². The van der Waals surface area contributed by atoms with Gasteiger partial charge in [-0.05, 0) is 42.0 Å². The van der Waals surface area contributed by atoms with Gasteiger partial charge in [0.1, 0.15) is 0 Å². The Balaban J connectivity index is 1.23. The van der Waals surface area contributed by atoms with Crippen molar-refractivity contribution in [3.63, 3.8) is 0 Å². The molecular weight excluding hydrogens is 398 g/mol. The first-order valence-electron chi connectivity index (χ1n) is 10.9. The number of piperazine rings is 1. The summed E-state index contributed by atoms with van der Waals surface area (Å²) in [6.07, 6.45) is 0. The Hall–Kier alpha value is -3.93. The van der Waals surface area contributed by atoms with E-state index in [1.54, 1.807) is 0 Å². The second-order valence-corrected chi connectivity index (χ2v) is 8.07. The number of aromatic nitrogens is 2. The number of carbonyl (C=O) groups excluding carboxylic acids is 1. The molecule has 1 fully saturated rings. The number of aryl methyl sites for hydroxylation is 1. The molecule has 1 aliphatic rings. The molecule has 6 heteroatoms. The molecule has 0 saturated carbocycles. The van der Waals surface area contributed by atoms with E-state index in [2.05, 4.69) is 44.7 Å². The van der Waals surface area contributed by atoms with Gasteiger partial charge in [0.05, 0.1) is 5.69 Å². The summed E-state index contributed by atoms with van der Waals surface area (Å²) in [6.45, 7) is 4.77. The minimum Gasteiger partial charge on any atom is -0.352 e. The number of urea groups is 1. The van der Waals surface area contributed by atoms with Crippen LogP contribution in [0.25, 0.3) is 22.0 Å². The van der Waals surface area contributed by atoms with Crippen molar-refractivity contribution in [3.05, 3.63) is 84.4 Å². The molecule has 1 aliphatic heterocycles. The number of nitrogens with zero attached hydrogens (tertiary/aromatic N) is 4. The van der Waals surface area contributed by atoms with E-state index in [0.29, 0.717) is 13.1 Å². The third-order valence-corrected chi connectivity index (χ3v) is 5.91. The number of hydrogen-bond acceptors (Lipinski definition) is 4. The number of anilines is 2. The molecule has 0 unspecified atom stereocenters. The zero-order chi connectivity index (χ0) is 21.9. The van der Waals surface area contributed by atoms with Crippen molar-refractivity contribution in [2.45, 2.75) is 6.92 Å². The van der Waals surface area contributed by atoms with E-state index < -0.39 is 0 Å². The van der Waals surface area contributed by atoms with E-state index >= 15 is 0 Å². The van der Waals surface area contributed by atoms with E-state index in [4.69, 9.17) is 0 Å². The van der Waals surface area contributed by atoms with Crippen LogP contribution in [0.5, 0.6) is 0 Å². The third-order valence-electron chi connectivity index (χ3n) is 5.91. The lowest BCUT2D eigenvalue weighted by Crippen LogP contribution is -2.50. The highest BCUT2D eigenvalue weighted by molar-refractivity contribution is 5.95. The van der Waals surface area contributed by atoms with Crippen molar-refractivity contribution in [1.29, 1.82) is 0 Å².